The summed E-state index contributed by atoms with van der Waals surface area (Å²) in [7, 11) is 0. The fourth-order valence-corrected chi connectivity index (χ4v) is 2.81. The normalized spacial score (nSPS) is 12.6. The number of hydrogen-bond donors (Lipinski definition) is 2. The average Bonchev–Trinajstić information content (AvgIpc) is 2.88. The van der Waals surface area contributed by atoms with Gasteiger partial charge in [0, 0.05) is 28.2 Å². The summed E-state index contributed by atoms with van der Waals surface area (Å²) >= 11 is 7.64. The van der Waals surface area contributed by atoms with Gasteiger partial charge >= 0.3 is 0 Å². The molecule has 0 fully saturated rings. The Bertz CT molecular complexity index is 556. The second-order valence-corrected chi connectivity index (χ2v) is 5.98. The number of aromatic nitrogens is 1. The molecule has 0 saturated heterocycles. The summed E-state index contributed by atoms with van der Waals surface area (Å²) in [6.07, 6.45) is 2.94. The average molecular weight is 297 g/mol. The molecule has 0 amide bonds. The molecule has 2 N–H and O–H groups in total. The molecule has 19 heavy (non-hydrogen) atoms. The Labute approximate surface area is 122 Å². The van der Waals surface area contributed by atoms with Crippen molar-refractivity contribution >= 4 is 22.9 Å². The van der Waals surface area contributed by atoms with Crippen molar-refractivity contribution < 1.29 is 5.11 Å². The van der Waals surface area contributed by atoms with Crippen molar-refractivity contribution in [1.82, 2.24) is 10.3 Å². The molecule has 0 aliphatic heterocycles. The monoisotopic (exact) mass is 296 g/mol. The molecule has 0 aliphatic rings. The molecule has 0 radical (unpaired) electrons. The van der Waals surface area contributed by atoms with Crippen LogP contribution >= 0.6 is 22.9 Å². The number of aryl methyl sites for hydroxylation is 1. The van der Waals surface area contributed by atoms with Gasteiger partial charge in [0.25, 0.3) is 0 Å². The largest absolute Gasteiger partial charge is 0.508 e. The van der Waals surface area contributed by atoms with Crippen LogP contribution in [0.4, 0.5) is 0 Å². The Hall–Kier alpha value is -1.10. The molecule has 1 atom stereocenters. The van der Waals surface area contributed by atoms with Gasteiger partial charge in [0.1, 0.15) is 10.8 Å². The van der Waals surface area contributed by atoms with E-state index in [4.69, 9.17) is 11.6 Å². The third-order valence-corrected chi connectivity index (χ3v) is 4.49. The van der Waals surface area contributed by atoms with E-state index in [-0.39, 0.29) is 11.8 Å². The van der Waals surface area contributed by atoms with E-state index in [9.17, 15) is 5.11 Å². The lowest BCUT2D eigenvalue weighted by Gasteiger charge is -2.12. The fourth-order valence-electron chi connectivity index (χ4n) is 1.73. The van der Waals surface area contributed by atoms with Crippen molar-refractivity contribution in [2.45, 2.75) is 32.9 Å². The molecule has 5 heteroatoms. The van der Waals surface area contributed by atoms with Crippen molar-refractivity contribution in [1.29, 1.82) is 0 Å². The van der Waals surface area contributed by atoms with E-state index in [1.165, 1.54) is 4.88 Å². The molecule has 1 unspecified atom stereocenters. The number of nitrogens with zero attached hydrogens (tertiary/aromatic N) is 1. The van der Waals surface area contributed by atoms with Crippen LogP contribution < -0.4 is 5.32 Å². The van der Waals surface area contributed by atoms with E-state index in [0.717, 1.165) is 17.0 Å². The molecule has 1 aromatic carbocycles. The molecule has 0 saturated carbocycles. The van der Waals surface area contributed by atoms with Gasteiger partial charge in [-0.3, -0.25) is 0 Å². The summed E-state index contributed by atoms with van der Waals surface area (Å²) < 4.78 is 0. The lowest BCUT2D eigenvalue weighted by Crippen LogP contribution is -2.17. The van der Waals surface area contributed by atoms with Gasteiger partial charge in [0.2, 0.25) is 0 Å². The smallest absolute Gasteiger partial charge is 0.120 e. The van der Waals surface area contributed by atoms with Gasteiger partial charge in [0.15, 0.2) is 0 Å². The number of phenols is 1. The summed E-state index contributed by atoms with van der Waals surface area (Å²) in [5.74, 6) is 0.262. The molecule has 2 rings (SSSR count). The van der Waals surface area contributed by atoms with E-state index < -0.39 is 0 Å². The second-order valence-electron chi connectivity index (χ2n) is 4.39. The van der Waals surface area contributed by atoms with Gasteiger partial charge in [-0.15, -0.1) is 11.3 Å². The summed E-state index contributed by atoms with van der Waals surface area (Å²) in [4.78, 5) is 5.69. The third kappa shape index (κ3) is 3.69. The summed E-state index contributed by atoms with van der Waals surface area (Å²) in [6, 6.07) is 5.22. The SMILES string of the molecule is CCc1cnc(C(C)NCc2cc(Cl)ccc2O)s1. The summed E-state index contributed by atoms with van der Waals surface area (Å²) in [5, 5.41) is 14.8. The summed E-state index contributed by atoms with van der Waals surface area (Å²) in [5.41, 5.74) is 0.798. The minimum atomic E-state index is 0.156. The Kier molecular flexibility index (Phi) is 4.80. The number of halogens is 1. The van der Waals surface area contributed by atoms with Gasteiger partial charge in [-0.2, -0.15) is 0 Å². The number of aromatic hydroxyl groups is 1. The van der Waals surface area contributed by atoms with Gasteiger partial charge in [-0.25, -0.2) is 4.98 Å². The fraction of sp³-hybridized carbons (Fsp3) is 0.357. The van der Waals surface area contributed by atoms with Gasteiger partial charge in [-0.05, 0) is 31.5 Å². The van der Waals surface area contributed by atoms with Crippen LogP contribution in [-0.4, -0.2) is 10.1 Å². The second kappa shape index (κ2) is 6.37. The van der Waals surface area contributed by atoms with Crippen molar-refractivity contribution in [3.8, 4) is 5.75 Å². The van der Waals surface area contributed by atoms with Gasteiger partial charge < -0.3 is 10.4 Å². The van der Waals surface area contributed by atoms with Crippen LogP contribution in [0.25, 0.3) is 0 Å². The van der Waals surface area contributed by atoms with Crippen molar-refractivity contribution in [2.24, 2.45) is 0 Å². The third-order valence-electron chi connectivity index (χ3n) is 2.93. The van der Waals surface area contributed by atoms with Gasteiger partial charge in [-0.1, -0.05) is 18.5 Å². The molecule has 2 aromatic rings. The highest BCUT2D eigenvalue weighted by molar-refractivity contribution is 7.11. The lowest BCUT2D eigenvalue weighted by molar-refractivity contribution is 0.460. The zero-order valence-electron chi connectivity index (χ0n) is 11.0. The number of benzene rings is 1. The Morgan fingerprint density at radius 1 is 1.47 bits per heavy atom. The van der Waals surface area contributed by atoms with Crippen LogP contribution in [-0.2, 0) is 13.0 Å². The standard InChI is InChI=1S/C14H17ClN2OS/c1-3-12-8-17-14(19-12)9(2)16-7-10-6-11(15)4-5-13(10)18/h4-6,8-9,16,18H,3,7H2,1-2H3. The van der Waals surface area contributed by atoms with Crippen molar-refractivity contribution in [2.75, 3.05) is 0 Å². The minimum absolute atomic E-state index is 0.156. The first-order valence-corrected chi connectivity index (χ1v) is 7.45. The Balaban J connectivity index is 1.99. The first-order valence-electron chi connectivity index (χ1n) is 6.25. The minimum Gasteiger partial charge on any atom is -0.508 e. The van der Waals surface area contributed by atoms with E-state index in [1.54, 1.807) is 29.5 Å². The number of nitrogens with one attached hydrogen (secondary N) is 1. The quantitative estimate of drug-likeness (QED) is 0.879. The topological polar surface area (TPSA) is 45.2 Å². The first kappa shape index (κ1) is 14.3. The molecule has 0 bridgehead atoms. The first-order chi connectivity index (χ1) is 9.10. The molecule has 1 aromatic heterocycles. The molecule has 0 aliphatic carbocycles. The van der Waals surface area contributed by atoms with Crippen molar-refractivity contribution in [3.63, 3.8) is 0 Å². The van der Waals surface area contributed by atoms with Crippen LogP contribution in [0.5, 0.6) is 5.75 Å². The van der Waals surface area contributed by atoms with Crippen LogP contribution in [0.1, 0.15) is 35.3 Å². The Morgan fingerprint density at radius 3 is 2.95 bits per heavy atom. The van der Waals surface area contributed by atoms with E-state index in [1.807, 2.05) is 6.20 Å². The van der Waals surface area contributed by atoms with Crippen LogP contribution in [0.2, 0.25) is 5.02 Å². The number of thiazole rings is 1. The number of phenolic OH excluding ortho intramolecular Hbond substituents is 1. The number of hydrogen-bond acceptors (Lipinski definition) is 4. The highest BCUT2D eigenvalue weighted by Crippen LogP contribution is 2.24. The maximum absolute atomic E-state index is 9.75. The molecule has 0 spiro atoms. The van der Waals surface area contributed by atoms with E-state index in [0.29, 0.717) is 11.6 Å². The predicted molar refractivity (Wildman–Crippen MR) is 79.9 cm³/mol. The molecular weight excluding hydrogens is 280 g/mol. The molecule has 102 valence electrons. The molecule has 3 nitrogen and oxygen atoms in total. The Morgan fingerprint density at radius 2 is 2.26 bits per heavy atom. The number of rotatable bonds is 5. The zero-order chi connectivity index (χ0) is 13.8. The maximum Gasteiger partial charge on any atom is 0.120 e. The van der Waals surface area contributed by atoms with Crippen molar-refractivity contribution in [3.05, 3.63) is 44.9 Å². The molecular formula is C14H17ClN2OS. The van der Waals surface area contributed by atoms with Crippen LogP contribution in [0.3, 0.4) is 0 Å². The zero-order valence-corrected chi connectivity index (χ0v) is 12.6. The van der Waals surface area contributed by atoms with Crippen LogP contribution in [0, 0.1) is 0 Å². The highest BCUT2D eigenvalue weighted by Gasteiger charge is 2.10. The summed E-state index contributed by atoms with van der Waals surface area (Å²) in [6.45, 7) is 4.76. The van der Waals surface area contributed by atoms with Gasteiger partial charge in [0.05, 0.1) is 6.04 Å². The van der Waals surface area contributed by atoms with E-state index >= 15 is 0 Å². The predicted octanol–water partition coefficient (Wildman–Crippen LogP) is 3.92. The highest BCUT2D eigenvalue weighted by atomic mass is 35.5. The molecule has 1 heterocycles. The maximum atomic E-state index is 9.75. The lowest BCUT2D eigenvalue weighted by atomic mass is 10.2. The van der Waals surface area contributed by atoms with Crippen LogP contribution in [0.15, 0.2) is 24.4 Å². The van der Waals surface area contributed by atoms with E-state index in [2.05, 4.69) is 24.1 Å².